The molecule has 0 saturated carbocycles. The Labute approximate surface area is 162 Å². The topological polar surface area (TPSA) is 139 Å². The van der Waals surface area contributed by atoms with Crippen molar-refractivity contribution in [2.45, 2.75) is 31.2 Å². The Morgan fingerprint density at radius 1 is 1.18 bits per heavy atom. The maximum atomic E-state index is 12.7. The van der Waals surface area contributed by atoms with Gasteiger partial charge in [0.05, 0.1) is 9.82 Å². The number of amides is 1. The number of nitrogens with zero attached hydrogens (tertiary/aromatic N) is 1. The summed E-state index contributed by atoms with van der Waals surface area (Å²) in [6.07, 6.45) is 0.517. The van der Waals surface area contributed by atoms with Crippen LogP contribution in [0, 0.1) is 16.0 Å². The highest BCUT2D eigenvalue weighted by molar-refractivity contribution is 7.89. The molecule has 0 aliphatic rings. The number of hydroxylamine groups is 1. The van der Waals surface area contributed by atoms with Crippen molar-refractivity contribution in [3.8, 4) is 11.1 Å². The third kappa shape index (κ3) is 4.91. The van der Waals surface area contributed by atoms with Crippen molar-refractivity contribution in [3.05, 3.63) is 58.6 Å². The number of hydrogen-bond acceptors (Lipinski definition) is 6. The van der Waals surface area contributed by atoms with Crippen LogP contribution in [0.5, 0.6) is 0 Å². The standard InChI is InChI=1S/C18H21N3O6S/c1-3-12(2)17(18(22)19-23)20-28(26,27)16-6-4-5-14(11-16)13-7-9-15(10-8-13)21(24)25/h4-12,17,20,23H,3H2,1-2H3,(H,19,22)/t12-,17-/m0/s1. The first-order valence-electron chi connectivity index (χ1n) is 8.50. The van der Waals surface area contributed by atoms with Gasteiger partial charge in [-0.15, -0.1) is 0 Å². The molecule has 0 aliphatic carbocycles. The lowest BCUT2D eigenvalue weighted by Crippen LogP contribution is -2.49. The number of sulfonamides is 1. The number of nitro groups is 1. The van der Waals surface area contributed by atoms with Gasteiger partial charge in [0.25, 0.3) is 11.6 Å². The summed E-state index contributed by atoms with van der Waals surface area (Å²) < 4.78 is 27.8. The molecule has 2 aromatic rings. The number of carbonyl (C=O) groups is 1. The molecule has 0 spiro atoms. The predicted octanol–water partition coefficient (Wildman–Crippen LogP) is 2.46. The molecule has 0 heterocycles. The van der Waals surface area contributed by atoms with Crippen LogP contribution in [0.3, 0.4) is 0 Å². The molecule has 0 bridgehead atoms. The van der Waals surface area contributed by atoms with E-state index in [2.05, 4.69) is 4.72 Å². The fourth-order valence-corrected chi connectivity index (χ4v) is 3.94. The van der Waals surface area contributed by atoms with Crippen LogP contribution < -0.4 is 10.2 Å². The van der Waals surface area contributed by atoms with E-state index in [1.54, 1.807) is 19.9 Å². The predicted molar refractivity (Wildman–Crippen MR) is 102 cm³/mol. The van der Waals surface area contributed by atoms with E-state index < -0.39 is 26.9 Å². The number of nitrogens with one attached hydrogen (secondary N) is 2. The molecule has 2 atom stereocenters. The molecular formula is C18H21N3O6S. The van der Waals surface area contributed by atoms with E-state index in [0.717, 1.165) is 0 Å². The van der Waals surface area contributed by atoms with Crippen molar-refractivity contribution in [1.82, 2.24) is 10.2 Å². The third-order valence-electron chi connectivity index (χ3n) is 4.44. The number of hydrogen-bond donors (Lipinski definition) is 3. The monoisotopic (exact) mass is 407 g/mol. The molecule has 28 heavy (non-hydrogen) atoms. The zero-order valence-corrected chi connectivity index (χ0v) is 16.1. The van der Waals surface area contributed by atoms with E-state index in [4.69, 9.17) is 5.21 Å². The number of benzene rings is 2. The summed E-state index contributed by atoms with van der Waals surface area (Å²) in [5.41, 5.74) is 2.57. The molecule has 1 amide bonds. The minimum atomic E-state index is -4.05. The number of rotatable bonds is 8. The van der Waals surface area contributed by atoms with E-state index in [1.165, 1.54) is 47.9 Å². The molecule has 2 aromatic carbocycles. The van der Waals surface area contributed by atoms with Gasteiger partial charge in [-0.2, -0.15) is 4.72 Å². The van der Waals surface area contributed by atoms with Crippen LogP contribution in [0.25, 0.3) is 11.1 Å². The summed E-state index contributed by atoms with van der Waals surface area (Å²) in [5.74, 6) is -1.19. The summed E-state index contributed by atoms with van der Waals surface area (Å²) in [7, 11) is -4.05. The van der Waals surface area contributed by atoms with Crippen molar-refractivity contribution in [1.29, 1.82) is 0 Å². The molecule has 0 unspecified atom stereocenters. The normalized spacial score (nSPS) is 13.5. The van der Waals surface area contributed by atoms with E-state index in [1.807, 2.05) is 0 Å². The SMILES string of the molecule is CC[C@H](C)[C@H](NS(=O)(=O)c1cccc(-c2ccc([N+](=O)[O-])cc2)c1)C(=O)NO. The van der Waals surface area contributed by atoms with Gasteiger partial charge < -0.3 is 0 Å². The molecule has 0 aromatic heterocycles. The van der Waals surface area contributed by atoms with Gasteiger partial charge in [-0.3, -0.25) is 20.1 Å². The maximum absolute atomic E-state index is 12.7. The lowest BCUT2D eigenvalue weighted by molar-refractivity contribution is -0.384. The lowest BCUT2D eigenvalue weighted by atomic mass is 10.00. The molecule has 3 N–H and O–H groups in total. The van der Waals surface area contributed by atoms with E-state index >= 15 is 0 Å². The first-order chi connectivity index (χ1) is 13.2. The zero-order valence-electron chi connectivity index (χ0n) is 15.3. The summed E-state index contributed by atoms with van der Waals surface area (Å²) in [4.78, 5) is 22.0. The fourth-order valence-electron chi connectivity index (χ4n) is 2.59. The highest BCUT2D eigenvalue weighted by Gasteiger charge is 2.29. The number of nitro benzene ring substituents is 1. The highest BCUT2D eigenvalue weighted by Crippen LogP contribution is 2.25. The van der Waals surface area contributed by atoms with Crippen LogP contribution >= 0.6 is 0 Å². The Morgan fingerprint density at radius 3 is 2.36 bits per heavy atom. The van der Waals surface area contributed by atoms with Crippen LogP contribution in [0.4, 0.5) is 5.69 Å². The van der Waals surface area contributed by atoms with Crippen LogP contribution in [0.15, 0.2) is 53.4 Å². The summed E-state index contributed by atoms with van der Waals surface area (Å²) in [6, 6.07) is 10.6. The van der Waals surface area contributed by atoms with Crippen LogP contribution in [0.2, 0.25) is 0 Å². The first-order valence-corrected chi connectivity index (χ1v) is 9.99. The summed E-state index contributed by atoms with van der Waals surface area (Å²) >= 11 is 0. The average molecular weight is 407 g/mol. The second kappa shape index (κ2) is 8.91. The van der Waals surface area contributed by atoms with Gasteiger partial charge in [-0.05, 0) is 41.3 Å². The van der Waals surface area contributed by atoms with Gasteiger partial charge >= 0.3 is 0 Å². The Hall–Kier alpha value is -2.82. The average Bonchev–Trinajstić information content (AvgIpc) is 2.71. The van der Waals surface area contributed by atoms with Gasteiger partial charge in [-0.25, -0.2) is 13.9 Å². The fraction of sp³-hybridized carbons (Fsp3) is 0.278. The molecule has 9 nitrogen and oxygen atoms in total. The van der Waals surface area contributed by atoms with E-state index in [0.29, 0.717) is 17.5 Å². The molecule has 10 heteroatoms. The Kier molecular flexibility index (Phi) is 6.84. The molecule has 0 saturated heterocycles. The summed E-state index contributed by atoms with van der Waals surface area (Å²) in [5, 5.41) is 19.7. The molecular weight excluding hydrogens is 386 g/mol. The summed E-state index contributed by atoms with van der Waals surface area (Å²) in [6.45, 7) is 3.49. The van der Waals surface area contributed by atoms with Crippen molar-refractivity contribution in [2.75, 3.05) is 0 Å². The van der Waals surface area contributed by atoms with Gasteiger partial charge in [-0.1, -0.05) is 32.4 Å². The Morgan fingerprint density at radius 2 is 1.82 bits per heavy atom. The second-order valence-corrected chi connectivity index (χ2v) is 8.01. The third-order valence-corrected chi connectivity index (χ3v) is 5.88. The van der Waals surface area contributed by atoms with Gasteiger partial charge in [0.15, 0.2) is 0 Å². The molecule has 0 radical (unpaired) electrons. The van der Waals surface area contributed by atoms with E-state index in [-0.39, 0.29) is 16.5 Å². The number of non-ortho nitro benzene ring substituents is 1. The molecule has 0 fully saturated rings. The van der Waals surface area contributed by atoms with Crippen molar-refractivity contribution in [2.24, 2.45) is 5.92 Å². The lowest BCUT2D eigenvalue weighted by Gasteiger charge is -2.22. The Bertz CT molecular complexity index is 960. The van der Waals surface area contributed by atoms with E-state index in [9.17, 15) is 23.3 Å². The van der Waals surface area contributed by atoms with Crippen molar-refractivity contribution < 1.29 is 23.3 Å². The molecule has 2 rings (SSSR count). The first kappa shape index (κ1) is 21.5. The quantitative estimate of drug-likeness (QED) is 0.349. The number of carbonyl (C=O) groups excluding carboxylic acids is 1. The van der Waals surface area contributed by atoms with Crippen LogP contribution in [-0.4, -0.2) is 30.5 Å². The second-order valence-electron chi connectivity index (χ2n) is 6.29. The zero-order chi connectivity index (χ0) is 20.9. The molecule has 0 aliphatic heterocycles. The van der Waals surface area contributed by atoms with Gasteiger partial charge in [0.2, 0.25) is 10.0 Å². The molecule has 150 valence electrons. The highest BCUT2D eigenvalue weighted by atomic mass is 32.2. The van der Waals surface area contributed by atoms with Gasteiger partial charge in [0, 0.05) is 12.1 Å². The maximum Gasteiger partial charge on any atom is 0.269 e. The van der Waals surface area contributed by atoms with Gasteiger partial charge in [0.1, 0.15) is 6.04 Å². The minimum absolute atomic E-state index is 0.0672. The smallest absolute Gasteiger partial charge is 0.269 e. The Balaban J connectivity index is 2.35. The largest absolute Gasteiger partial charge is 0.289 e. The van der Waals surface area contributed by atoms with Crippen molar-refractivity contribution in [3.63, 3.8) is 0 Å². The minimum Gasteiger partial charge on any atom is -0.289 e. The van der Waals surface area contributed by atoms with Crippen molar-refractivity contribution >= 4 is 21.6 Å². The van der Waals surface area contributed by atoms with Crippen LogP contribution in [-0.2, 0) is 14.8 Å². The van der Waals surface area contributed by atoms with Crippen LogP contribution in [0.1, 0.15) is 20.3 Å².